The molecule has 1 heterocycles. The Bertz CT molecular complexity index is 604. The average molecular weight is 195 g/mol. The Labute approximate surface area is 86.8 Å². The van der Waals surface area contributed by atoms with Crippen molar-refractivity contribution >= 4 is 22.1 Å². The molecule has 72 valence electrons. The third-order valence-corrected chi connectivity index (χ3v) is 3.30. The van der Waals surface area contributed by atoms with Crippen LogP contribution in [0.25, 0.3) is 10.8 Å². The molecule has 0 aromatic heterocycles. The normalized spacial score (nSPS) is 15.7. The third kappa shape index (κ3) is 0.807. The Hall–Kier alpha value is -1.90. The van der Waals surface area contributed by atoms with Crippen LogP contribution in [0.3, 0.4) is 0 Å². The van der Waals surface area contributed by atoms with Crippen molar-refractivity contribution in [1.82, 2.24) is 0 Å². The summed E-state index contributed by atoms with van der Waals surface area (Å²) in [4.78, 5) is 0. The predicted octanol–water partition coefficient (Wildman–Crippen LogP) is 3.36. The molecule has 0 atom stereocenters. The van der Waals surface area contributed by atoms with Crippen molar-refractivity contribution in [1.29, 1.82) is 0 Å². The Balaban J connectivity index is 2.31. The number of rotatable bonds is 0. The highest BCUT2D eigenvalue weighted by Crippen LogP contribution is 2.42. The zero-order valence-corrected chi connectivity index (χ0v) is 8.12. The molecule has 4 rings (SSSR count). The van der Waals surface area contributed by atoms with Crippen molar-refractivity contribution in [3.63, 3.8) is 0 Å². The lowest BCUT2D eigenvalue weighted by Crippen LogP contribution is -1.94. The van der Waals surface area contributed by atoms with E-state index in [9.17, 15) is 0 Å². The predicted molar refractivity (Wildman–Crippen MR) is 59.5 cm³/mol. The number of nitrogens with one attached hydrogen (secondary N) is 1. The third-order valence-electron chi connectivity index (χ3n) is 3.30. The number of hydrogen-bond acceptors (Lipinski definition) is 3. The van der Waals surface area contributed by atoms with Crippen LogP contribution in [0.1, 0.15) is 11.1 Å². The van der Waals surface area contributed by atoms with Crippen LogP contribution < -0.4 is 5.43 Å². The first-order valence-electron chi connectivity index (χ1n) is 5.18. The van der Waals surface area contributed by atoms with Gasteiger partial charge in [0.15, 0.2) is 0 Å². The maximum atomic E-state index is 4.14. The molecule has 0 spiro atoms. The largest absolute Gasteiger partial charge is 0.259 e. The van der Waals surface area contributed by atoms with E-state index in [1.165, 1.54) is 21.9 Å². The van der Waals surface area contributed by atoms with Gasteiger partial charge >= 0.3 is 0 Å². The number of hydrogen-bond donors (Lipinski definition) is 1. The second kappa shape index (κ2) is 2.37. The van der Waals surface area contributed by atoms with Crippen LogP contribution in [0.2, 0.25) is 0 Å². The second-order valence-corrected chi connectivity index (χ2v) is 4.08. The standard InChI is InChI=1S/C12H9N3/c1-2-8-4-6-10-12-9(13-15-14-10)5-3-7(1)11(8)12/h3-6H,1-2H2,(H,13,14). The number of aryl methyl sites for hydroxylation is 2. The SMILES string of the molecule is c1cc2c3c(ccc4c3c1CC4)NN=N2. The molecule has 2 aliphatic rings. The van der Waals surface area contributed by atoms with Gasteiger partial charge in [0.2, 0.25) is 0 Å². The van der Waals surface area contributed by atoms with Crippen LogP contribution in [-0.4, -0.2) is 0 Å². The highest BCUT2D eigenvalue weighted by molar-refractivity contribution is 6.06. The van der Waals surface area contributed by atoms with Crippen LogP contribution in [0.5, 0.6) is 0 Å². The van der Waals surface area contributed by atoms with Crippen LogP contribution in [0.15, 0.2) is 34.6 Å². The van der Waals surface area contributed by atoms with Crippen molar-refractivity contribution < 1.29 is 0 Å². The fourth-order valence-electron chi connectivity index (χ4n) is 2.62. The summed E-state index contributed by atoms with van der Waals surface area (Å²) in [5.41, 5.74) is 7.94. The topological polar surface area (TPSA) is 36.8 Å². The first-order valence-corrected chi connectivity index (χ1v) is 5.18. The molecule has 0 fully saturated rings. The molecular formula is C12H9N3. The number of benzene rings is 2. The van der Waals surface area contributed by atoms with Gasteiger partial charge in [-0.15, -0.1) is 5.11 Å². The molecule has 1 aliphatic carbocycles. The average Bonchev–Trinajstić information content (AvgIpc) is 2.71. The van der Waals surface area contributed by atoms with Gasteiger partial charge in [0.25, 0.3) is 0 Å². The van der Waals surface area contributed by atoms with Crippen molar-refractivity contribution in [3.05, 3.63) is 35.4 Å². The van der Waals surface area contributed by atoms with Crippen LogP contribution in [0, 0.1) is 0 Å². The van der Waals surface area contributed by atoms with E-state index in [0.717, 1.165) is 24.2 Å². The molecular weight excluding hydrogens is 186 g/mol. The van der Waals surface area contributed by atoms with Gasteiger partial charge in [-0.2, -0.15) is 0 Å². The molecule has 3 nitrogen and oxygen atoms in total. The Morgan fingerprint density at radius 1 is 0.933 bits per heavy atom. The van der Waals surface area contributed by atoms with E-state index < -0.39 is 0 Å². The van der Waals surface area contributed by atoms with Gasteiger partial charge in [-0.3, -0.25) is 5.43 Å². The van der Waals surface area contributed by atoms with Gasteiger partial charge in [-0.25, -0.2) is 0 Å². The van der Waals surface area contributed by atoms with Crippen molar-refractivity contribution in [3.8, 4) is 0 Å². The summed E-state index contributed by atoms with van der Waals surface area (Å²) in [5.74, 6) is 0. The van der Waals surface area contributed by atoms with Gasteiger partial charge in [0.1, 0.15) is 0 Å². The smallest absolute Gasteiger partial charge is 0.0974 e. The van der Waals surface area contributed by atoms with E-state index in [-0.39, 0.29) is 0 Å². The maximum absolute atomic E-state index is 4.14. The van der Waals surface area contributed by atoms with Crippen molar-refractivity contribution in [2.45, 2.75) is 12.8 Å². The summed E-state index contributed by atoms with van der Waals surface area (Å²) >= 11 is 0. The molecule has 0 radical (unpaired) electrons. The molecule has 0 saturated carbocycles. The van der Waals surface area contributed by atoms with E-state index in [2.05, 4.69) is 40.0 Å². The fourth-order valence-corrected chi connectivity index (χ4v) is 2.62. The molecule has 0 bridgehead atoms. The Morgan fingerprint density at radius 2 is 1.73 bits per heavy atom. The molecule has 1 N–H and O–H groups in total. The Kier molecular flexibility index (Phi) is 1.17. The first kappa shape index (κ1) is 7.40. The second-order valence-electron chi connectivity index (χ2n) is 4.08. The summed E-state index contributed by atoms with van der Waals surface area (Å²) < 4.78 is 0. The highest BCUT2D eigenvalue weighted by Gasteiger charge is 2.19. The van der Waals surface area contributed by atoms with Gasteiger partial charge in [-0.1, -0.05) is 17.4 Å². The van der Waals surface area contributed by atoms with Crippen molar-refractivity contribution in [2.24, 2.45) is 10.3 Å². The minimum absolute atomic E-state index is 0.992. The molecule has 2 aromatic carbocycles. The fraction of sp³-hybridized carbons (Fsp3) is 0.167. The van der Waals surface area contributed by atoms with Crippen LogP contribution in [0.4, 0.5) is 11.4 Å². The van der Waals surface area contributed by atoms with E-state index in [1.54, 1.807) is 0 Å². The van der Waals surface area contributed by atoms with Crippen LogP contribution >= 0.6 is 0 Å². The van der Waals surface area contributed by atoms with E-state index in [0.29, 0.717) is 0 Å². The number of anilines is 1. The lowest BCUT2D eigenvalue weighted by Gasteiger charge is -2.13. The minimum Gasteiger partial charge on any atom is -0.259 e. The molecule has 1 aliphatic heterocycles. The zero-order valence-electron chi connectivity index (χ0n) is 8.12. The maximum Gasteiger partial charge on any atom is 0.0974 e. The van der Waals surface area contributed by atoms with E-state index in [1.807, 2.05) is 0 Å². The minimum atomic E-state index is 0.992. The summed E-state index contributed by atoms with van der Waals surface area (Å²) in [7, 11) is 0. The summed E-state index contributed by atoms with van der Waals surface area (Å²) in [5, 5.41) is 10.7. The van der Waals surface area contributed by atoms with Gasteiger partial charge in [0.05, 0.1) is 11.4 Å². The lowest BCUT2D eigenvalue weighted by atomic mass is 10.0. The van der Waals surface area contributed by atoms with Gasteiger partial charge < -0.3 is 0 Å². The zero-order chi connectivity index (χ0) is 9.83. The van der Waals surface area contributed by atoms with E-state index >= 15 is 0 Å². The van der Waals surface area contributed by atoms with Gasteiger partial charge in [0, 0.05) is 5.39 Å². The first-order chi connectivity index (χ1) is 7.43. The molecule has 0 amide bonds. The summed E-state index contributed by atoms with van der Waals surface area (Å²) in [6.45, 7) is 0. The highest BCUT2D eigenvalue weighted by atomic mass is 15.4. The molecule has 0 saturated heterocycles. The van der Waals surface area contributed by atoms with Gasteiger partial charge in [-0.05, 0) is 41.5 Å². The quantitative estimate of drug-likeness (QED) is 0.687. The molecule has 0 unspecified atom stereocenters. The van der Waals surface area contributed by atoms with Crippen LogP contribution in [-0.2, 0) is 12.8 Å². The molecule has 3 heteroatoms. The summed E-state index contributed by atoms with van der Waals surface area (Å²) in [6.07, 6.45) is 2.32. The lowest BCUT2D eigenvalue weighted by molar-refractivity contribution is 1.02. The Morgan fingerprint density at radius 3 is 2.60 bits per heavy atom. The molecule has 15 heavy (non-hydrogen) atoms. The van der Waals surface area contributed by atoms with Crippen molar-refractivity contribution in [2.75, 3.05) is 5.43 Å². The van der Waals surface area contributed by atoms with E-state index in [4.69, 9.17) is 0 Å². The molecule has 2 aromatic rings. The monoisotopic (exact) mass is 195 g/mol. The number of nitrogens with zero attached hydrogens (tertiary/aromatic N) is 2. The summed E-state index contributed by atoms with van der Waals surface area (Å²) in [6, 6.07) is 8.56.